The highest BCUT2D eigenvalue weighted by Gasteiger charge is 2.23. The maximum atomic E-state index is 6.52. The average molecular weight is 414 g/mol. The first-order valence-electron chi connectivity index (χ1n) is 10.8. The lowest BCUT2D eigenvalue weighted by molar-refractivity contribution is -0.659. The molecule has 0 atom stereocenters. The molecule has 0 N–H and O–H groups in total. The largest absolute Gasteiger partial charge is 0.455 e. The average Bonchev–Trinajstić information content (AvgIpc) is 3.37. The van der Waals surface area contributed by atoms with E-state index in [0.717, 1.165) is 55.1 Å². The van der Waals surface area contributed by atoms with Gasteiger partial charge < -0.3 is 8.83 Å². The van der Waals surface area contributed by atoms with Crippen LogP contribution in [0.2, 0.25) is 0 Å². The van der Waals surface area contributed by atoms with Crippen LogP contribution in [0.15, 0.2) is 93.9 Å². The number of aryl methyl sites for hydroxylation is 2. The molecular formula is C29H20NO2+. The van der Waals surface area contributed by atoms with Crippen LogP contribution in [-0.4, -0.2) is 0 Å². The Bertz CT molecular complexity index is 1850. The Labute approximate surface area is 184 Å². The van der Waals surface area contributed by atoms with Crippen molar-refractivity contribution < 1.29 is 13.4 Å². The third-order valence-electron chi connectivity index (χ3n) is 6.61. The molecule has 0 bridgehead atoms. The molecule has 32 heavy (non-hydrogen) atoms. The van der Waals surface area contributed by atoms with Gasteiger partial charge in [-0.2, -0.15) is 0 Å². The van der Waals surface area contributed by atoms with Crippen molar-refractivity contribution in [2.24, 2.45) is 7.05 Å². The number of para-hydroxylation sites is 1. The van der Waals surface area contributed by atoms with Crippen LogP contribution in [0.5, 0.6) is 0 Å². The quantitative estimate of drug-likeness (QED) is 0.261. The summed E-state index contributed by atoms with van der Waals surface area (Å²) in [5.41, 5.74) is 6.98. The van der Waals surface area contributed by atoms with Crippen molar-refractivity contribution >= 4 is 54.6 Å². The predicted molar refractivity (Wildman–Crippen MR) is 130 cm³/mol. The number of hydrogen-bond donors (Lipinski definition) is 0. The molecule has 0 amide bonds. The van der Waals surface area contributed by atoms with Crippen molar-refractivity contribution in [1.29, 1.82) is 0 Å². The van der Waals surface area contributed by atoms with Crippen molar-refractivity contribution in [2.75, 3.05) is 0 Å². The predicted octanol–water partition coefficient (Wildman–Crippen LogP) is 7.44. The van der Waals surface area contributed by atoms with Crippen molar-refractivity contribution in [2.45, 2.75) is 6.92 Å². The lowest BCUT2D eigenvalue weighted by Gasteiger charge is -2.07. The van der Waals surface area contributed by atoms with Gasteiger partial charge in [0.25, 0.3) is 0 Å². The summed E-state index contributed by atoms with van der Waals surface area (Å²) in [5, 5.41) is 6.81. The Hall–Kier alpha value is -4.11. The zero-order chi connectivity index (χ0) is 21.4. The summed E-state index contributed by atoms with van der Waals surface area (Å²) in [5.74, 6) is 0. The molecule has 0 saturated heterocycles. The van der Waals surface area contributed by atoms with Crippen molar-refractivity contribution in [3.05, 3.63) is 90.6 Å². The van der Waals surface area contributed by atoms with Crippen LogP contribution in [0.3, 0.4) is 0 Å². The van der Waals surface area contributed by atoms with Gasteiger partial charge in [0.15, 0.2) is 6.20 Å². The van der Waals surface area contributed by atoms with Gasteiger partial charge in [-0.25, -0.2) is 4.57 Å². The smallest absolute Gasteiger partial charge is 0.216 e. The van der Waals surface area contributed by atoms with E-state index in [1.54, 1.807) is 0 Å². The van der Waals surface area contributed by atoms with E-state index in [2.05, 4.69) is 91.5 Å². The number of nitrogens with zero attached hydrogens (tertiary/aromatic N) is 1. The van der Waals surface area contributed by atoms with Crippen LogP contribution < -0.4 is 4.57 Å². The fourth-order valence-corrected chi connectivity index (χ4v) is 5.06. The molecule has 3 aromatic heterocycles. The van der Waals surface area contributed by atoms with E-state index in [0.29, 0.717) is 0 Å². The van der Waals surface area contributed by atoms with Gasteiger partial charge in [-0.1, -0.05) is 48.5 Å². The van der Waals surface area contributed by atoms with Gasteiger partial charge in [-0.05, 0) is 42.1 Å². The second kappa shape index (κ2) is 6.21. The monoisotopic (exact) mass is 414 g/mol. The lowest BCUT2D eigenvalue weighted by atomic mass is 9.99. The summed E-state index contributed by atoms with van der Waals surface area (Å²) < 4.78 is 15.0. The first-order valence-corrected chi connectivity index (χ1v) is 10.8. The molecule has 3 nitrogen and oxygen atoms in total. The Morgan fingerprint density at radius 1 is 0.656 bits per heavy atom. The number of fused-ring (bicyclic) bond motifs is 8. The summed E-state index contributed by atoms with van der Waals surface area (Å²) >= 11 is 0. The summed E-state index contributed by atoms with van der Waals surface area (Å²) in [4.78, 5) is 0. The van der Waals surface area contributed by atoms with Crippen molar-refractivity contribution in [3.8, 4) is 11.3 Å². The molecule has 7 aromatic rings. The molecule has 0 saturated carbocycles. The molecule has 7 rings (SSSR count). The van der Waals surface area contributed by atoms with Gasteiger partial charge in [0.1, 0.15) is 29.4 Å². The van der Waals surface area contributed by atoms with Gasteiger partial charge in [-0.15, -0.1) is 0 Å². The van der Waals surface area contributed by atoms with E-state index in [-0.39, 0.29) is 0 Å². The third kappa shape index (κ3) is 2.28. The summed E-state index contributed by atoms with van der Waals surface area (Å²) in [6, 6.07) is 27.4. The Morgan fingerprint density at radius 3 is 2.31 bits per heavy atom. The van der Waals surface area contributed by atoms with Crippen molar-refractivity contribution in [3.63, 3.8) is 0 Å². The maximum Gasteiger partial charge on any atom is 0.216 e. The van der Waals surface area contributed by atoms with Gasteiger partial charge in [0, 0.05) is 27.6 Å². The second-order valence-corrected chi connectivity index (χ2v) is 8.55. The minimum absolute atomic E-state index is 0.849. The molecule has 0 fully saturated rings. The summed E-state index contributed by atoms with van der Waals surface area (Å²) in [7, 11) is 2.10. The Kier molecular flexibility index (Phi) is 3.41. The molecule has 152 valence electrons. The van der Waals surface area contributed by atoms with E-state index in [9.17, 15) is 0 Å². The van der Waals surface area contributed by atoms with Crippen LogP contribution in [-0.2, 0) is 7.05 Å². The molecule has 0 aliphatic heterocycles. The van der Waals surface area contributed by atoms with Gasteiger partial charge in [-0.3, -0.25) is 0 Å². The number of aromatic nitrogens is 1. The SMILES string of the molecule is Cc1ccc2c(oc3ccc4c5ccccc5oc4c32)c1-c1cc2ccccc2c[n+]1C. The molecule has 0 spiro atoms. The highest BCUT2D eigenvalue weighted by molar-refractivity contribution is 6.23. The number of rotatable bonds is 1. The lowest BCUT2D eigenvalue weighted by Crippen LogP contribution is -2.30. The van der Waals surface area contributed by atoms with Crippen LogP contribution >= 0.6 is 0 Å². The number of pyridine rings is 1. The highest BCUT2D eigenvalue weighted by Crippen LogP contribution is 2.42. The van der Waals surface area contributed by atoms with Crippen LogP contribution in [0.25, 0.3) is 65.9 Å². The third-order valence-corrected chi connectivity index (χ3v) is 6.61. The summed E-state index contributed by atoms with van der Waals surface area (Å²) in [6.07, 6.45) is 2.18. The molecule has 0 unspecified atom stereocenters. The van der Waals surface area contributed by atoms with Gasteiger partial charge in [0.05, 0.1) is 10.9 Å². The molecule has 0 radical (unpaired) electrons. The first-order chi connectivity index (χ1) is 15.7. The zero-order valence-corrected chi connectivity index (χ0v) is 17.8. The second-order valence-electron chi connectivity index (χ2n) is 8.55. The van der Waals surface area contributed by atoms with E-state index in [4.69, 9.17) is 8.83 Å². The van der Waals surface area contributed by atoms with Crippen molar-refractivity contribution in [1.82, 2.24) is 0 Å². The topological polar surface area (TPSA) is 30.2 Å². The highest BCUT2D eigenvalue weighted by atomic mass is 16.3. The minimum Gasteiger partial charge on any atom is -0.455 e. The standard InChI is InChI=1S/C29H20NO2/c1-17-11-12-22-27-25(14-13-21-20-9-5-6-10-24(20)31-28(21)27)32-29(22)26(17)23-15-18-7-3-4-8-19(18)16-30(23)2/h3-16H,1-2H3/q+1. The fraction of sp³-hybridized carbons (Fsp3) is 0.0690. The van der Waals surface area contributed by atoms with Crippen LogP contribution in [0, 0.1) is 6.92 Å². The summed E-state index contributed by atoms with van der Waals surface area (Å²) in [6.45, 7) is 2.15. The fourth-order valence-electron chi connectivity index (χ4n) is 5.06. The van der Waals surface area contributed by atoms with E-state index in [1.165, 1.54) is 16.3 Å². The van der Waals surface area contributed by atoms with E-state index in [1.807, 2.05) is 12.1 Å². The van der Waals surface area contributed by atoms with Gasteiger partial charge >= 0.3 is 0 Å². The molecule has 4 aromatic carbocycles. The molecule has 0 aliphatic rings. The minimum atomic E-state index is 0.849. The van der Waals surface area contributed by atoms with Crippen LogP contribution in [0.4, 0.5) is 0 Å². The molecule has 3 heterocycles. The van der Waals surface area contributed by atoms with Gasteiger partial charge in [0.2, 0.25) is 5.69 Å². The molecular weight excluding hydrogens is 394 g/mol. The van der Waals surface area contributed by atoms with E-state index >= 15 is 0 Å². The number of benzene rings is 4. The van der Waals surface area contributed by atoms with Crippen LogP contribution in [0.1, 0.15) is 5.56 Å². The zero-order valence-electron chi connectivity index (χ0n) is 17.8. The maximum absolute atomic E-state index is 6.52. The normalized spacial score (nSPS) is 12.1. The Morgan fingerprint density at radius 2 is 1.41 bits per heavy atom. The first kappa shape index (κ1) is 17.6. The molecule has 3 heteroatoms. The number of hydrogen-bond acceptors (Lipinski definition) is 2. The van der Waals surface area contributed by atoms with E-state index < -0.39 is 0 Å². The molecule has 0 aliphatic carbocycles. The number of furan rings is 2. The Balaban J connectivity index is 1.62.